The van der Waals surface area contributed by atoms with Crippen molar-refractivity contribution < 1.29 is 0 Å². The molecule has 0 fully saturated rings. The number of halogens is 2. The van der Waals surface area contributed by atoms with Gasteiger partial charge in [0.2, 0.25) is 0 Å². The van der Waals surface area contributed by atoms with Crippen LogP contribution in [0.15, 0.2) is 53.6 Å². The number of benzene rings is 2. The summed E-state index contributed by atoms with van der Waals surface area (Å²) in [6, 6.07) is 16.1. The SMILES string of the molecule is ClCCN1Cc2ccccc2C(c2ccc(Cl)cc2)=N1. The molecule has 0 amide bonds. The van der Waals surface area contributed by atoms with E-state index in [0.717, 1.165) is 29.4 Å². The number of hydrogen-bond acceptors (Lipinski definition) is 2. The summed E-state index contributed by atoms with van der Waals surface area (Å²) in [6.45, 7) is 1.55. The van der Waals surface area contributed by atoms with Crippen LogP contribution in [0.2, 0.25) is 5.02 Å². The molecule has 0 saturated carbocycles. The fraction of sp³-hybridized carbons (Fsp3) is 0.188. The van der Waals surface area contributed by atoms with Crippen LogP contribution in [-0.4, -0.2) is 23.1 Å². The highest BCUT2D eigenvalue weighted by molar-refractivity contribution is 6.30. The van der Waals surface area contributed by atoms with Gasteiger partial charge in [0.05, 0.1) is 12.3 Å². The van der Waals surface area contributed by atoms with Crippen molar-refractivity contribution in [1.82, 2.24) is 5.01 Å². The van der Waals surface area contributed by atoms with E-state index in [1.165, 1.54) is 11.1 Å². The highest BCUT2D eigenvalue weighted by atomic mass is 35.5. The second-order valence-corrected chi connectivity index (χ2v) is 5.50. The lowest BCUT2D eigenvalue weighted by molar-refractivity contribution is 0.293. The molecule has 3 rings (SSSR count). The lowest BCUT2D eigenvalue weighted by Gasteiger charge is -2.27. The number of hydrazone groups is 1. The third kappa shape index (κ3) is 2.67. The van der Waals surface area contributed by atoms with E-state index in [0.29, 0.717) is 5.88 Å². The molecule has 0 bridgehead atoms. The standard InChI is InChI=1S/C16H14Cl2N2/c17-9-10-20-11-13-3-1-2-4-15(13)16(19-20)12-5-7-14(18)8-6-12/h1-8H,9-11H2. The van der Waals surface area contributed by atoms with Gasteiger partial charge >= 0.3 is 0 Å². The molecule has 1 aliphatic rings. The molecule has 1 heterocycles. The monoisotopic (exact) mass is 304 g/mol. The first-order valence-corrected chi connectivity index (χ1v) is 7.43. The van der Waals surface area contributed by atoms with Crippen molar-refractivity contribution in [3.05, 3.63) is 70.2 Å². The summed E-state index contributed by atoms with van der Waals surface area (Å²) in [4.78, 5) is 0. The number of hydrogen-bond donors (Lipinski definition) is 0. The number of rotatable bonds is 3. The van der Waals surface area contributed by atoms with E-state index >= 15 is 0 Å². The van der Waals surface area contributed by atoms with E-state index < -0.39 is 0 Å². The average Bonchev–Trinajstić information content (AvgIpc) is 2.48. The highest BCUT2D eigenvalue weighted by Gasteiger charge is 2.19. The molecule has 20 heavy (non-hydrogen) atoms. The van der Waals surface area contributed by atoms with Gasteiger partial charge in [0.25, 0.3) is 0 Å². The van der Waals surface area contributed by atoms with Gasteiger partial charge in [-0.2, -0.15) is 5.10 Å². The molecule has 0 aliphatic carbocycles. The molecular formula is C16H14Cl2N2. The molecule has 2 aromatic rings. The Morgan fingerprint density at radius 1 is 1.05 bits per heavy atom. The van der Waals surface area contributed by atoms with Crippen LogP contribution in [0.1, 0.15) is 16.7 Å². The van der Waals surface area contributed by atoms with E-state index in [1.54, 1.807) is 0 Å². The second kappa shape index (κ2) is 5.86. The van der Waals surface area contributed by atoms with Crippen LogP contribution in [0.5, 0.6) is 0 Å². The molecule has 0 spiro atoms. The molecule has 0 unspecified atom stereocenters. The molecule has 0 saturated heterocycles. The van der Waals surface area contributed by atoms with Crippen LogP contribution in [0, 0.1) is 0 Å². The maximum atomic E-state index is 5.96. The minimum atomic E-state index is 0.569. The Bertz CT molecular complexity index is 635. The molecule has 2 nitrogen and oxygen atoms in total. The van der Waals surface area contributed by atoms with Gasteiger partial charge in [-0.1, -0.05) is 48.0 Å². The molecule has 0 atom stereocenters. The molecule has 0 N–H and O–H groups in total. The predicted octanol–water partition coefficient (Wildman–Crippen LogP) is 4.15. The van der Waals surface area contributed by atoms with Gasteiger partial charge < -0.3 is 0 Å². The molecule has 2 aromatic carbocycles. The van der Waals surface area contributed by atoms with Crippen molar-refractivity contribution >= 4 is 28.9 Å². The Hall–Kier alpha value is -1.51. The molecular weight excluding hydrogens is 291 g/mol. The minimum absolute atomic E-state index is 0.569. The van der Waals surface area contributed by atoms with Crippen LogP contribution in [-0.2, 0) is 6.54 Å². The maximum absolute atomic E-state index is 5.96. The van der Waals surface area contributed by atoms with Gasteiger partial charge in [0.1, 0.15) is 0 Å². The van der Waals surface area contributed by atoms with Crippen LogP contribution >= 0.6 is 23.2 Å². The number of nitrogens with zero attached hydrogens (tertiary/aromatic N) is 2. The fourth-order valence-electron chi connectivity index (χ4n) is 2.36. The van der Waals surface area contributed by atoms with Crippen LogP contribution in [0.25, 0.3) is 0 Å². The van der Waals surface area contributed by atoms with Gasteiger partial charge in [0.15, 0.2) is 0 Å². The van der Waals surface area contributed by atoms with E-state index in [4.69, 9.17) is 28.3 Å². The van der Waals surface area contributed by atoms with Crippen LogP contribution in [0.4, 0.5) is 0 Å². The Kier molecular flexibility index (Phi) is 3.95. The van der Waals surface area contributed by atoms with E-state index in [1.807, 2.05) is 35.3 Å². The van der Waals surface area contributed by atoms with Gasteiger partial charge in [0, 0.05) is 28.6 Å². The Morgan fingerprint density at radius 3 is 2.55 bits per heavy atom. The Morgan fingerprint density at radius 2 is 1.80 bits per heavy atom. The molecule has 0 radical (unpaired) electrons. The predicted molar refractivity (Wildman–Crippen MR) is 84.7 cm³/mol. The zero-order valence-corrected chi connectivity index (χ0v) is 12.4. The lowest BCUT2D eigenvalue weighted by Crippen LogP contribution is -2.28. The summed E-state index contributed by atoms with van der Waals surface area (Å²) in [7, 11) is 0. The third-order valence-electron chi connectivity index (χ3n) is 3.33. The summed E-state index contributed by atoms with van der Waals surface area (Å²) in [5, 5.41) is 7.48. The van der Waals surface area contributed by atoms with Gasteiger partial charge in [-0.25, -0.2) is 0 Å². The fourth-order valence-corrected chi connectivity index (χ4v) is 2.69. The summed E-state index contributed by atoms with van der Waals surface area (Å²) < 4.78 is 0. The largest absolute Gasteiger partial charge is 0.291 e. The van der Waals surface area contributed by atoms with Crippen molar-refractivity contribution in [2.45, 2.75) is 6.54 Å². The van der Waals surface area contributed by atoms with Crippen molar-refractivity contribution in [2.24, 2.45) is 5.10 Å². The first-order valence-electron chi connectivity index (χ1n) is 6.51. The molecule has 4 heteroatoms. The quantitative estimate of drug-likeness (QED) is 0.778. The van der Waals surface area contributed by atoms with Crippen molar-refractivity contribution in [1.29, 1.82) is 0 Å². The van der Waals surface area contributed by atoms with E-state index in [9.17, 15) is 0 Å². The lowest BCUT2D eigenvalue weighted by atomic mass is 9.96. The Labute approximate surface area is 128 Å². The first kappa shape index (κ1) is 13.5. The summed E-state index contributed by atoms with van der Waals surface area (Å²) >= 11 is 11.8. The third-order valence-corrected chi connectivity index (χ3v) is 3.75. The molecule has 1 aliphatic heterocycles. The summed E-state index contributed by atoms with van der Waals surface area (Å²) in [5.41, 5.74) is 4.51. The number of fused-ring (bicyclic) bond motifs is 1. The van der Waals surface area contributed by atoms with Crippen molar-refractivity contribution in [3.63, 3.8) is 0 Å². The van der Waals surface area contributed by atoms with Gasteiger partial charge in [-0.3, -0.25) is 5.01 Å². The zero-order valence-electron chi connectivity index (χ0n) is 10.9. The first-order chi connectivity index (χ1) is 9.78. The zero-order chi connectivity index (χ0) is 13.9. The van der Waals surface area contributed by atoms with Gasteiger partial charge in [-0.05, 0) is 17.7 Å². The summed E-state index contributed by atoms with van der Waals surface area (Å²) in [5.74, 6) is 0.569. The number of alkyl halides is 1. The maximum Gasteiger partial charge on any atom is 0.0979 e. The molecule has 102 valence electrons. The highest BCUT2D eigenvalue weighted by Crippen LogP contribution is 2.23. The van der Waals surface area contributed by atoms with Crippen molar-refractivity contribution in [3.8, 4) is 0 Å². The topological polar surface area (TPSA) is 15.6 Å². The van der Waals surface area contributed by atoms with E-state index in [-0.39, 0.29) is 0 Å². The van der Waals surface area contributed by atoms with Gasteiger partial charge in [-0.15, -0.1) is 11.6 Å². The minimum Gasteiger partial charge on any atom is -0.291 e. The van der Waals surface area contributed by atoms with Crippen LogP contribution in [0.3, 0.4) is 0 Å². The smallest absolute Gasteiger partial charge is 0.0979 e. The Balaban J connectivity index is 2.06. The average molecular weight is 305 g/mol. The second-order valence-electron chi connectivity index (χ2n) is 4.69. The molecule has 0 aromatic heterocycles. The van der Waals surface area contributed by atoms with Crippen LogP contribution < -0.4 is 0 Å². The van der Waals surface area contributed by atoms with E-state index in [2.05, 4.69) is 18.2 Å². The normalized spacial score (nSPS) is 13.9. The summed E-state index contributed by atoms with van der Waals surface area (Å²) in [6.07, 6.45) is 0. The van der Waals surface area contributed by atoms with Crippen molar-refractivity contribution in [2.75, 3.05) is 12.4 Å².